The molecule has 0 aliphatic heterocycles. The topological polar surface area (TPSA) is 32.3 Å². The van der Waals surface area contributed by atoms with Gasteiger partial charge in [0.1, 0.15) is 0 Å². The van der Waals surface area contributed by atoms with Gasteiger partial charge in [0.25, 0.3) is 0 Å². The third-order valence-corrected chi connectivity index (χ3v) is 3.61. The van der Waals surface area contributed by atoms with Crippen molar-refractivity contribution in [2.24, 2.45) is 5.92 Å². The zero-order chi connectivity index (χ0) is 8.55. The largest absolute Gasteiger partial charge is 0.392 e. The predicted molar refractivity (Wildman–Crippen MR) is 49.0 cm³/mol. The molecule has 0 aromatic carbocycles. The zero-order valence-corrected chi connectivity index (χ0v) is 7.79. The van der Waals surface area contributed by atoms with Gasteiger partial charge in [0.05, 0.1) is 6.10 Å². The Kier molecular flexibility index (Phi) is 2.37. The molecular weight excluding hydrogens is 150 g/mol. The molecule has 2 heteroatoms. The third kappa shape index (κ3) is 1.38. The van der Waals surface area contributed by atoms with E-state index in [0.29, 0.717) is 6.04 Å². The number of rotatable bonds is 3. The van der Waals surface area contributed by atoms with Crippen molar-refractivity contribution in [1.29, 1.82) is 0 Å². The van der Waals surface area contributed by atoms with Gasteiger partial charge in [0.2, 0.25) is 0 Å². The third-order valence-electron chi connectivity index (χ3n) is 3.61. The molecule has 2 aliphatic carbocycles. The molecule has 4 atom stereocenters. The average Bonchev–Trinajstić information content (AvgIpc) is 2.01. The normalized spacial score (nSPS) is 46.5. The molecule has 2 fully saturated rings. The summed E-state index contributed by atoms with van der Waals surface area (Å²) < 4.78 is 0. The molecule has 0 aromatic heterocycles. The summed E-state index contributed by atoms with van der Waals surface area (Å²) in [6.45, 7) is 2.26. The molecule has 0 amide bonds. The first-order valence-corrected chi connectivity index (χ1v) is 5.25. The smallest absolute Gasteiger partial charge is 0.0693 e. The molecule has 0 saturated heterocycles. The van der Waals surface area contributed by atoms with Crippen LogP contribution in [0.1, 0.15) is 39.0 Å². The lowest BCUT2D eigenvalue weighted by atomic mass is 9.76. The van der Waals surface area contributed by atoms with Crippen LogP contribution in [0.5, 0.6) is 0 Å². The molecule has 0 bridgehead atoms. The van der Waals surface area contributed by atoms with Crippen LogP contribution in [0.2, 0.25) is 0 Å². The van der Waals surface area contributed by atoms with Gasteiger partial charge in [0, 0.05) is 12.1 Å². The van der Waals surface area contributed by atoms with Crippen molar-refractivity contribution >= 4 is 0 Å². The molecular formula is C10H19NO. The number of aliphatic hydroxyl groups excluding tert-OH is 1. The molecule has 0 spiro atoms. The average molecular weight is 169 g/mol. The van der Waals surface area contributed by atoms with Crippen LogP contribution in [0.15, 0.2) is 0 Å². The molecule has 0 aromatic rings. The summed E-state index contributed by atoms with van der Waals surface area (Å²) in [5.41, 5.74) is 0. The maximum absolute atomic E-state index is 9.37. The molecule has 2 N–H and O–H groups in total. The van der Waals surface area contributed by atoms with Crippen LogP contribution in [0.3, 0.4) is 0 Å². The second-order valence-corrected chi connectivity index (χ2v) is 4.27. The van der Waals surface area contributed by atoms with Crippen LogP contribution in [0.25, 0.3) is 0 Å². The Bertz CT molecular complexity index is 158. The summed E-state index contributed by atoms with van der Waals surface area (Å²) in [6.07, 6.45) is 6.12. The fourth-order valence-corrected chi connectivity index (χ4v) is 2.23. The Morgan fingerprint density at radius 3 is 2.25 bits per heavy atom. The Balaban J connectivity index is 1.72. The molecule has 0 radical (unpaired) electrons. The van der Waals surface area contributed by atoms with Gasteiger partial charge in [-0.15, -0.1) is 0 Å². The SMILES string of the molecule is CCC1CCC1N[C@@H]1CC[C@H]1O. The fourth-order valence-electron chi connectivity index (χ4n) is 2.23. The molecule has 2 rings (SSSR count). The Morgan fingerprint density at radius 2 is 1.92 bits per heavy atom. The first-order valence-electron chi connectivity index (χ1n) is 5.25. The van der Waals surface area contributed by atoms with Gasteiger partial charge in [0.15, 0.2) is 0 Å². The molecule has 2 nitrogen and oxygen atoms in total. The highest BCUT2D eigenvalue weighted by Crippen LogP contribution is 2.32. The monoisotopic (exact) mass is 169 g/mol. The number of hydrogen-bond acceptors (Lipinski definition) is 2. The Morgan fingerprint density at radius 1 is 1.17 bits per heavy atom. The van der Waals surface area contributed by atoms with Crippen LogP contribution < -0.4 is 5.32 Å². The van der Waals surface area contributed by atoms with Crippen molar-refractivity contribution < 1.29 is 5.11 Å². The summed E-state index contributed by atoms with van der Waals surface area (Å²) in [5, 5.41) is 12.9. The molecule has 2 aliphatic rings. The maximum atomic E-state index is 9.37. The first kappa shape index (κ1) is 8.52. The lowest BCUT2D eigenvalue weighted by molar-refractivity contribution is 0.0273. The van der Waals surface area contributed by atoms with E-state index in [1.807, 2.05) is 0 Å². The molecule has 0 heterocycles. The summed E-state index contributed by atoms with van der Waals surface area (Å²) in [4.78, 5) is 0. The van der Waals surface area contributed by atoms with Crippen LogP contribution in [0.4, 0.5) is 0 Å². The summed E-state index contributed by atoms with van der Waals surface area (Å²) in [7, 11) is 0. The lowest BCUT2D eigenvalue weighted by Crippen LogP contribution is -2.56. The van der Waals surface area contributed by atoms with E-state index in [4.69, 9.17) is 0 Å². The molecule has 2 saturated carbocycles. The van der Waals surface area contributed by atoms with E-state index in [1.165, 1.54) is 25.7 Å². The van der Waals surface area contributed by atoms with Crippen LogP contribution >= 0.6 is 0 Å². The second kappa shape index (κ2) is 3.35. The zero-order valence-electron chi connectivity index (χ0n) is 7.79. The van der Waals surface area contributed by atoms with Crippen molar-refractivity contribution in [1.82, 2.24) is 5.32 Å². The first-order chi connectivity index (χ1) is 5.81. The van der Waals surface area contributed by atoms with Crippen LogP contribution in [0, 0.1) is 5.92 Å². The molecule has 12 heavy (non-hydrogen) atoms. The predicted octanol–water partition coefficient (Wildman–Crippen LogP) is 1.29. The fraction of sp³-hybridized carbons (Fsp3) is 1.00. The van der Waals surface area contributed by atoms with Crippen molar-refractivity contribution in [3.05, 3.63) is 0 Å². The minimum atomic E-state index is -0.0527. The summed E-state index contributed by atoms with van der Waals surface area (Å²) in [5.74, 6) is 0.887. The van der Waals surface area contributed by atoms with Gasteiger partial charge in [-0.25, -0.2) is 0 Å². The quantitative estimate of drug-likeness (QED) is 0.667. The van der Waals surface area contributed by atoms with E-state index in [1.54, 1.807) is 0 Å². The minimum absolute atomic E-state index is 0.0527. The van der Waals surface area contributed by atoms with Crippen LogP contribution in [-0.4, -0.2) is 23.3 Å². The van der Waals surface area contributed by atoms with Crippen LogP contribution in [-0.2, 0) is 0 Å². The van der Waals surface area contributed by atoms with E-state index < -0.39 is 0 Å². The van der Waals surface area contributed by atoms with Gasteiger partial charge in [-0.1, -0.05) is 13.3 Å². The van der Waals surface area contributed by atoms with E-state index in [9.17, 15) is 5.11 Å². The summed E-state index contributed by atoms with van der Waals surface area (Å²) in [6, 6.07) is 1.14. The van der Waals surface area contributed by atoms with Gasteiger partial charge in [-0.3, -0.25) is 0 Å². The van der Waals surface area contributed by atoms with E-state index >= 15 is 0 Å². The van der Waals surface area contributed by atoms with E-state index in [-0.39, 0.29) is 6.10 Å². The highest BCUT2D eigenvalue weighted by atomic mass is 16.3. The van der Waals surface area contributed by atoms with Gasteiger partial charge in [-0.05, 0) is 31.6 Å². The van der Waals surface area contributed by atoms with E-state index in [0.717, 1.165) is 18.4 Å². The van der Waals surface area contributed by atoms with Crippen molar-refractivity contribution in [3.8, 4) is 0 Å². The van der Waals surface area contributed by atoms with Gasteiger partial charge in [-0.2, -0.15) is 0 Å². The van der Waals surface area contributed by atoms with Gasteiger partial charge >= 0.3 is 0 Å². The maximum Gasteiger partial charge on any atom is 0.0693 e. The van der Waals surface area contributed by atoms with E-state index in [2.05, 4.69) is 12.2 Å². The number of hydrogen-bond donors (Lipinski definition) is 2. The standard InChI is InChI=1S/C10H19NO/c1-2-7-3-4-8(7)11-9-5-6-10(9)12/h7-12H,2-6H2,1H3/t7?,8?,9-,10-/m1/s1. The lowest BCUT2D eigenvalue weighted by Gasteiger charge is -2.43. The highest BCUT2D eigenvalue weighted by molar-refractivity contribution is 4.94. The highest BCUT2D eigenvalue weighted by Gasteiger charge is 2.36. The summed E-state index contributed by atoms with van der Waals surface area (Å²) >= 11 is 0. The van der Waals surface area contributed by atoms with Gasteiger partial charge < -0.3 is 10.4 Å². The molecule has 2 unspecified atom stereocenters. The Labute approximate surface area is 74.4 Å². The molecule has 70 valence electrons. The van der Waals surface area contributed by atoms with Crippen molar-refractivity contribution in [3.63, 3.8) is 0 Å². The number of nitrogens with one attached hydrogen (secondary N) is 1. The Hall–Kier alpha value is -0.0800. The minimum Gasteiger partial charge on any atom is -0.392 e. The second-order valence-electron chi connectivity index (χ2n) is 4.27. The number of aliphatic hydroxyl groups is 1. The van der Waals surface area contributed by atoms with Crippen molar-refractivity contribution in [2.75, 3.05) is 0 Å². The van der Waals surface area contributed by atoms with Crippen molar-refractivity contribution in [2.45, 2.75) is 57.2 Å².